The van der Waals surface area contributed by atoms with Crippen molar-refractivity contribution in [1.29, 1.82) is 0 Å². The van der Waals surface area contributed by atoms with Gasteiger partial charge in [0.1, 0.15) is 23.3 Å². The largest absolute Gasteiger partial charge is 0.342 e. The van der Waals surface area contributed by atoms with E-state index in [1.807, 2.05) is 0 Å². The average molecular weight is 434 g/mol. The highest BCUT2D eigenvalue weighted by molar-refractivity contribution is 5.78. The molecule has 2 aliphatic rings. The third-order valence-corrected chi connectivity index (χ3v) is 6.66. The lowest BCUT2D eigenvalue weighted by molar-refractivity contribution is -0.130. The highest BCUT2D eigenvalue weighted by atomic mass is 19.1. The molecule has 0 bridgehead atoms. The SMILES string of the molecule is O=C(Cc1cc(F)cc(F)c1)N1CCCC2(CCCN2Cc2cc(F)ccc2F)CC1. The fourth-order valence-corrected chi connectivity index (χ4v) is 5.11. The minimum Gasteiger partial charge on any atom is -0.342 e. The third kappa shape index (κ3) is 4.92. The summed E-state index contributed by atoms with van der Waals surface area (Å²) in [5.74, 6) is -2.39. The Morgan fingerprint density at radius 1 is 0.839 bits per heavy atom. The number of hydrogen-bond acceptors (Lipinski definition) is 2. The number of benzene rings is 2. The second kappa shape index (κ2) is 8.99. The van der Waals surface area contributed by atoms with Crippen LogP contribution in [0.15, 0.2) is 36.4 Å². The number of halogens is 4. The molecule has 1 atom stereocenters. The number of rotatable bonds is 4. The van der Waals surface area contributed by atoms with Crippen molar-refractivity contribution in [3.05, 3.63) is 70.8 Å². The van der Waals surface area contributed by atoms with Crippen molar-refractivity contribution in [2.45, 2.75) is 50.6 Å². The molecule has 7 heteroatoms. The van der Waals surface area contributed by atoms with E-state index in [4.69, 9.17) is 0 Å². The molecule has 0 radical (unpaired) electrons. The first-order chi connectivity index (χ1) is 14.8. The monoisotopic (exact) mass is 434 g/mol. The van der Waals surface area contributed by atoms with Gasteiger partial charge in [-0.1, -0.05) is 0 Å². The molecule has 2 heterocycles. The van der Waals surface area contributed by atoms with E-state index in [9.17, 15) is 22.4 Å². The molecule has 2 aliphatic heterocycles. The minimum atomic E-state index is -0.691. The summed E-state index contributed by atoms with van der Waals surface area (Å²) in [7, 11) is 0. The van der Waals surface area contributed by atoms with Crippen LogP contribution in [0.1, 0.15) is 43.2 Å². The van der Waals surface area contributed by atoms with Crippen molar-refractivity contribution < 1.29 is 22.4 Å². The number of hydrogen-bond donors (Lipinski definition) is 0. The summed E-state index contributed by atoms with van der Waals surface area (Å²) in [6.45, 7) is 2.28. The van der Waals surface area contributed by atoms with E-state index in [2.05, 4.69) is 4.90 Å². The van der Waals surface area contributed by atoms with Gasteiger partial charge in [0, 0.05) is 36.8 Å². The van der Waals surface area contributed by atoms with Crippen molar-refractivity contribution in [3.8, 4) is 0 Å². The summed E-state index contributed by atoms with van der Waals surface area (Å²) in [5.41, 5.74) is 0.538. The van der Waals surface area contributed by atoms with Crippen molar-refractivity contribution in [2.24, 2.45) is 0 Å². The summed E-state index contributed by atoms with van der Waals surface area (Å²) in [5, 5.41) is 0. The van der Waals surface area contributed by atoms with Gasteiger partial charge in [0.15, 0.2) is 0 Å². The number of carbonyl (C=O) groups excluding carboxylic acids is 1. The molecular weight excluding hydrogens is 408 g/mol. The molecule has 2 aromatic rings. The van der Waals surface area contributed by atoms with Gasteiger partial charge in [-0.3, -0.25) is 9.69 Å². The third-order valence-electron chi connectivity index (χ3n) is 6.66. The van der Waals surface area contributed by atoms with Crippen molar-refractivity contribution in [3.63, 3.8) is 0 Å². The van der Waals surface area contributed by atoms with Gasteiger partial charge in [-0.05, 0) is 74.5 Å². The van der Waals surface area contributed by atoms with Gasteiger partial charge in [-0.25, -0.2) is 17.6 Å². The molecule has 3 nitrogen and oxygen atoms in total. The topological polar surface area (TPSA) is 23.6 Å². The van der Waals surface area contributed by atoms with E-state index in [0.717, 1.165) is 56.8 Å². The van der Waals surface area contributed by atoms with E-state index in [-0.39, 0.29) is 17.9 Å². The number of carbonyl (C=O) groups is 1. The number of nitrogens with zero attached hydrogens (tertiary/aromatic N) is 2. The van der Waals surface area contributed by atoms with Crippen LogP contribution in [0, 0.1) is 23.3 Å². The first kappa shape index (κ1) is 21.8. The second-order valence-electron chi connectivity index (χ2n) is 8.67. The second-order valence-corrected chi connectivity index (χ2v) is 8.67. The van der Waals surface area contributed by atoms with E-state index in [0.29, 0.717) is 30.8 Å². The molecule has 2 fully saturated rings. The Bertz CT molecular complexity index is 946. The summed E-state index contributed by atoms with van der Waals surface area (Å²) >= 11 is 0. The zero-order valence-electron chi connectivity index (χ0n) is 17.3. The molecule has 31 heavy (non-hydrogen) atoms. The smallest absolute Gasteiger partial charge is 0.226 e. The van der Waals surface area contributed by atoms with Crippen LogP contribution in [0.25, 0.3) is 0 Å². The van der Waals surface area contributed by atoms with E-state index in [1.165, 1.54) is 18.2 Å². The Labute approximate surface area is 179 Å². The molecule has 1 unspecified atom stereocenters. The van der Waals surface area contributed by atoms with Crippen molar-refractivity contribution in [1.82, 2.24) is 9.80 Å². The summed E-state index contributed by atoms with van der Waals surface area (Å²) in [6.07, 6.45) is 4.31. The van der Waals surface area contributed by atoms with Crippen LogP contribution in [-0.2, 0) is 17.8 Å². The molecule has 166 valence electrons. The fourth-order valence-electron chi connectivity index (χ4n) is 5.11. The van der Waals surface area contributed by atoms with Gasteiger partial charge in [0.05, 0.1) is 6.42 Å². The maximum Gasteiger partial charge on any atom is 0.226 e. The van der Waals surface area contributed by atoms with Crippen LogP contribution >= 0.6 is 0 Å². The lowest BCUT2D eigenvalue weighted by Crippen LogP contribution is -2.44. The first-order valence-corrected chi connectivity index (χ1v) is 10.8. The Hall–Kier alpha value is -2.41. The molecule has 1 spiro atoms. The molecule has 0 aliphatic carbocycles. The number of amides is 1. The lowest BCUT2D eigenvalue weighted by atomic mass is 9.87. The summed E-state index contributed by atoms with van der Waals surface area (Å²) in [6, 6.07) is 6.71. The van der Waals surface area contributed by atoms with Crippen LogP contribution in [0.5, 0.6) is 0 Å². The van der Waals surface area contributed by atoms with Gasteiger partial charge in [0.2, 0.25) is 5.91 Å². The molecular formula is C24H26F4N2O. The Morgan fingerprint density at radius 3 is 2.29 bits per heavy atom. The highest BCUT2D eigenvalue weighted by Crippen LogP contribution is 2.39. The Morgan fingerprint density at radius 2 is 1.55 bits per heavy atom. The van der Waals surface area contributed by atoms with Gasteiger partial charge in [-0.2, -0.15) is 0 Å². The van der Waals surface area contributed by atoms with Crippen LogP contribution in [0.4, 0.5) is 17.6 Å². The molecule has 0 saturated carbocycles. The number of likely N-dealkylation sites (tertiary alicyclic amines) is 2. The molecule has 2 aromatic carbocycles. The predicted octanol–water partition coefficient (Wildman–Crippen LogP) is 4.83. The quantitative estimate of drug-likeness (QED) is 0.644. The fraction of sp³-hybridized carbons (Fsp3) is 0.458. The summed E-state index contributed by atoms with van der Waals surface area (Å²) in [4.78, 5) is 16.8. The normalized spacial score (nSPS) is 22.1. The Kier molecular flexibility index (Phi) is 6.32. The van der Waals surface area contributed by atoms with Crippen molar-refractivity contribution >= 4 is 5.91 Å². The average Bonchev–Trinajstić information content (AvgIpc) is 2.94. The standard InChI is InChI=1S/C24H26F4N2O/c25-19-3-4-22(28)18(14-19)16-30-9-2-6-24(30)5-1-8-29(10-7-24)23(31)13-17-11-20(26)15-21(27)12-17/h3-4,11-12,14-15H,1-2,5-10,13,16H2. The zero-order chi connectivity index (χ0) is 22.0. The van der Waals surface area contributed by atoms with E-state index >= 15 is 0 Å². The molecule has 0 N–H and O–H groups in total. The van der Waals surface area contributed by atoms with Crippen LogP contribution in [0.2, 0.25) is 0 Å². The molecule has 1 amide bonds. The van der Waals surface area contributed by atoms with Crippen LogP contribution in [-0.4, -0.2) is 40.9 Å². The van der Waals surface area contributed by atoms with Gasteiger partial charge in [0.25, 0.3) is 0 Å². The lowest BCUT2D eigenvalue weighted by Gasteiger charge is -2.38. The van der Waals surface area contributed by atoms with Crippen LogP contribution < -0.4 is 0 Å². The maximum atomic E-state index is 14.2. The van der Waals surface area contributed by atoms with Crippen molar-refractivity contribution in [2.75, 3.05) is 19.6 Å². The van der Waals surface area contributed by atoms with Crippen LogP contribution in [0.3, 0.4) is 0 Å². The Balaban J connectivity index is 1.43. The minimum absolute atomic E-state index is 0.0418. The highest BCUT2D eigenvalue weighted by Gasteiger charge is 2.42. The molecule has 0 aromatic heterocycles. The molecule has 2 saturated heterocycles. The zero-order valence-corrected chi connectivity index (χ0v) is 17.3. The molecule has 4 rings (SSSR count). The van der Waals surface area contributed by atoms with Gasteiger partial charge < -0.3 is 4.90 Å². The van der Waals surface area contributed by atoms with Gasteiger partial charge in [-0.15, -0.1) is 0 Å². The first-order valence-electron chi connectivity index (χ1n) is 10.8. The summed E-state index contributed by atoms with van der Waals surface area (Å²) < 4.78 is 54.7. The van der Waals surface area contributed by atoms with E-state index in [1.54, 1.807) is 4.90 Å². The van der Waals surface area contributed by atoms with E-state index < -0.39 is 23.3 Å². The predicted molar refractivity (Wildman–Crippen MR) is 109 cm³/mol. The van der Waals surface area contributed by atoms with Gasteiger partial charge >= 0.3 is 0 Å². The maximum absolute atomic E-state index is 14.2.